The Balaban J connectivity index is 3.23. The van der Waals surface area contributed by atoms with Crippen molar-refractivity contribution >= 4 is 11.6 Å². The minimum Gasteiger partial charge on any atom is -0.330 e. The summed E-state index contributed by atoms with van der Waals surface area (Å²) in [5.41, 5.74) is 8.20. The van der Waals surface area contributed by atoms with Gasteiger partial charge in [-0.2, -0.15) is 0 Å². The molecule has 1 rings (SSSR count). The van der Waals surface area contributed by atoms with Crippen LogP contribution in [0.1, 0.15) is 39.7 Å². The fourth-order valence-corrected chi connectivity index (χ4v) is 2.53. The van der Waals surface area contributed by atoms with Crippen molar-refractivity contribution in [3.8, 4) is 0 Å². The van der Waals surface area contributed by atoms with E-state index in [-0.39, 0.29) is 10.8 Å². The fraction of sp³-hybridized carbons (Fsp3) is 0.500. The average Bonchev–Trinajstić information content (AvgIpc) is 2.27. The van der Waals surface area contributed by atoms with Gasteiger partial charge in [0.1, 0.15) is 0 Å². The van der Waals surface area contributed by atoms with Crippen molar-refractivity contribution in [1.29, 1.82) is 0 Å². The lowest BCUT2D eigenvalue weighted by molar-refractivity contribution is 0.382. The van der Waals surface area contributed by atoms with E-state index in [1.165, 1.54) is 11.1 Å². The van der Waals surface area contributed by atoms with Crippen LogP contribution in [0.5, 0.6) is 0 Å². The summed E-state index contributed by atoms with van der Waals surface area (Å²) in [7, 11) is 0. The molecule has 100 valence electrons. The van der Waals surface area contributed by atoms with Crippen LogP contribution in [0.2, 0.25) is 5.02 Å². The van der Waals surface area contributed by atoms with Crippen LogP contribution in [-0.2, 0) is 5.41 Å². The van der Waals surface area contributed by atoms with Crippen LogP contribution in [0.4, 0.5) is 0 Å². The van der Waals surface area contributed by atoms with Crippen LogP contribution in [0.3, 0.4) is 0 Å². The predicted molar refractivity (Wildman–Crippen MR) is 81.1 cm³/mol. The normalized spacial score (nSPS) is 15.2. The first-order valence-electron chi connectivity index (χ1n) is 6.38. The largest absolute Gasteiger partial charge is 0.330 e. The van der Waals surface area contributed by atoms with E-state index < -0.39 is 0 Å². The summed E-state index contributed by atoms with van der Waals surface area (Å²) in [6, 6.07) is 8.02. The Morgan fingerprint density at radius 2 is 1.67 bits per heavy atom. The molecule has 0 aliphatic rings. The molecule has 0 aliphatic carbocycles. The van der Waals surface area contributed by atoms with Gasteiger partial charge >= 0.3 is 0 Å². The number of nitrogens with two attached hydrogens (primary N) is 1. The van der Waals surface area contributed by atoms with Gasteiger partial charge in [-0.1, -0.05) is 63.6 Å². The molecule has 1 aromatic rings. The van der Waals surface area contributed by atoms with Gasteiger partial charge in [0, 0.05) is 10.4 Å². The highest BCUT2D eigenvalue weighted by molar-refractivity contribution is 6.30. The zero-order chi connectivity index (χ0) is 14.0. The van der Waals surface area contributed by atoms with E-state index in [9.17, 15) is 0 Å². The number of hydrogen-bond donors (Lipinski definition) is 1. The van der Waals surface area contributed by atoms with Crippen LogP contribution in [0, 0.1) is 5.41 Å². The van der Waals surface area contributed by atoms with E-state index in [2.05, 4.69) is 46.4 Å². The maximum absolute atomic E-state index is 5.96. The van der Waals surface area contributed by atoms with Crippen LogP contribution < -0.4 is 5.73 Å². The molecule has 1 nitrogen and oxygen atoms in total. The zero-order valence-electron chi connectivity index (χ0n) is 11.9. The third kappa shape index (κ3) is 3.15. The maximum Gasteiger partial charge on any atom is 0.0406 e. The molecule has 1 unspecified atom stereocenters. The van der Waals surface area contributed by atoms with Crippen molar-refractivity contribution in [2.45, 2.75) is 39.5 Å². The summed E-state index contributed by atoms with van der Waals surface area (Å²) in [4.78, 5) is 0. The monoisotopic (exact) mass is 265 g/mol. The zero-order valence-corrected chi connectivity index (χ0v) is 12.6. The number of benzene rings is 1. The fourth-order valence-electron chi connectivity index (χ4n) is 2.40. The summed E-state index contributed by atoms with van der Waals surface area (Å²) >= 11 is 5.96. The molecular formula is C16H24ClN. The Labute approximate surface area is 116 Å². The second-order valence-corrected chi connectivity index (χ2v) is 6.54. The van der Waals surface area contributed by atoms with Crippen molar-refractivity contribution in [3.05, 3.63) is 47.0 Å². The summed E-state index contributed by atoms with van der Waals surface area (Å²) in [6.45, 7) is 13.8. The summed E-state index contributed by atoms with van der Waals surface area (Å²) in [5.74, 6) is 0. The minimum absolute atomic E-state index is 0.0591. The number of rotatable bonds is 4. The van der Waals surface area contributed by atoms with E-state index in [0.717, 1.165) is 11.4 Å². The molecule has 18 heavy (non-hydrogen) atoms. The number of hydrogen-bond acceptors (Lipinski definition) is 1. The Kier molecular flexibility index (Phi) is 4.63. The predicted octanol–water partition coefficient (Wildman–Crippen LogP) is 4.55. The molecular weight excluding hydrogens is 242 g/mol. The summed E-state index contributed by atoms with van der Waals surface area (Å²) < 4.78 is 0. The van der Waals surface area contributed by atoms with E-state index in [1.54, 1.807) is 0 Å². The number of allylic oxidation sites excluding steroid dienone is 1. The second kappa shape index (κ2) is 5.46. The van der Waals surface area contributed by atoms with Crippen LogP contribution in [0.15, 0.2) is 36.4 Å². The topological polar surface area (TPSA) is 26.0 Å². The standard InChI is InChI=1S/C16H24ClN/c1-12(15(2,3)4)16(5,10-11-18)13-6-8-14(17)9-7-13/h6-9H,1,10-11,18H2,2-5H3. The first kappa shape index (κ1) is 15.3. The van der Waals surface area contributed by atoms with Gasteiger partial charge in [0.05, 0.1) is 0 Å². The lowest BCUT2D eigenvalue weighted by atomic mass is 9.65. The highest BCUT2D eigenvalue weighted by atomic mass is 35.5. The molecule has 1 aromatic carbocycles. The van der Waals surface area contributed by atoms with Gasteiger partial charge in [-0.05, 0) is 36.1 Å². The van der Waals surface area contributed by atoms with Gasteiger partial charge in [0.15, 0.2) is 0 Å². The molecule has 1 atom stereocenters. The second-order valence-electron chi connectivity index (χ2n) is 6.11. The molecule has 0 heterocycles. The van der Waals surface area contributed by atoms with Gasteiger partial charge in [0.25, 0.3) is 0 Å². The van der Waals surface area contributed by atoms with Crippen molar-refractivity contribution in [3.63, 3.8) is 0 Å². The third-order valence-corrected chi connectivity index (χ3v) is 3.95. The third-order valence-electron chi connectivity index (χ3n) is 3.70. The lowest BCUT2D eigenvalue weighted by Gasteiger charge is -2.39. The first-order chi connectivity index (χ1) is 8.21. The first-order valence-corrected chi connectivity index (χ1v) is 6.75. The molecule has 0 spiro atoms. The Bertz CT molecular complexity index is 414. The smallest absolute Gasteiger partial charge is 0.0406 e. The van der Waals surface area contributed by atoms with Crippen molar-refractivity contribution < 1.29 is 0 Å². The summed E-state index contributed by atoms with van der Waals surface area (Å²) in [5, 5.41) is 0.759. The van der Waals surface area contributed by atoms with E-state index in [0.29, 0.717) is 6.54 Å². The molecule has 0 saturated heterocycles. The Hall–Kier alpha value is -0.790. The SMILES string of the molecule is C=C(C(C)(C)C)C(C)(CCN)c1ccc(Cl)cc1. The molecule has 0 fully saturated rings. The number of halogens is 1. The maximum atomic E-state index is 5.96. The highest BCUT2D eigenvalue weighted by Crippen LogP contribution is 2.43. The minimum atomic E-state index is -0.0996. The molecule has 0 bridgehead atoms. The molecule has 2 heteroatoms. The van der Waals surface area contributed by atoms with Gasteiger partial charge in [0.2, 0.25) is 0 Å². The average molecular weight is 266 g/mol. The molecule has 0 amide bonds. The molecule has 0 aliphatic heterocycles. The van der Waals surface area contributed by atoms with E-state index in [4.69, 9.17) is 17.3 Å². The van der Waals surface area contributed by atoms with Crippen molar-refractivity contribution in [2.75, 3.05) is 6.54 Å². The van der Waals surface area contributed by atoms with Gasteiger partial charge in [-0.15, -0.1) is 0 Å². The summed E-state index contributed by atoms with van der Waals surface area (Å²) in [6.07, 6.45) is 0.894. The van der Waals surface area contributed by atoms with Crippen molar-refractivity contribution in [2.24, 2.45) is 11.1 Å². The van der Waals surface area contributed by atoms with Crippen molar-refractivity contribution in [1.82, 2.24) is 0 Å². The molecule has 2 N–H and O–H groups in total. The van der Waals surface area contributed by atoms with Crippen LogP contribution in [0.25, 0.3) is 0 Å². The molecule has 0 aromatic heterocycles. The molecule has 0 saturated carbocycles. The lowest BCUT2D eigenvalue weighted by Crippen LogP contribution is -2.33. The molecule has 0 radical (unpaired) electrons. The van der Waals surface area contributed by atoms with Crippen LogP contribution in [-0.4, -0.2) is 6.54 Å². The van der Waals surface area contributed by atoms with E-state index in [1.807, 2.05) is 12.1 Å². The van der Waals surface area contributed by atoms with E-state index >= 15 is 0 Å². The Morgan fingerprint density at radius 1 is 1.17 bits per heavy atom. The van der Waals surface area contributed by atoms with Gasteiger partial charge in [-0.25, -0.2) is 0 Å². The van der Waals surface area contributed by atoms with Gasteiger partial charge < -0.3 is 5.73 Å². The van der Waals surface area contributed by atoms with Crippen LogP contribution >= 0.6 is 11.6 Å². The highest BCUT2D eigenvalue weighted by Gasteiger charge is 2.35. The quantitative estimate of drug-likeness (QED) is 0.794. The van der Waals surface area contributed by atoms with Gasteiger partial charge in [-0.3, -0.25) is 0 Å². The Morgan fingerprint density at radius 3 is 2.06 bits per heavy atom.